The zero-order valence-corrected chi connectivity index (χ0v) is 10.5. The molecule has 0 saturated heterocycles. The van der Waals surface area contributed by atoms with E-state index in [1.807, 2.05) is 6.92 Å². The summed E-state index contributed by atoms with van der Waals surface area (Å²) >= 11 is 0. The molecule has 0 aromatic carbocycles. The van der Waals surface area contributed by atoms with Crippen molar-refractivity contribution < 1.29 is 25.5 Å². The maximum atomic E-state index is 8.92. The molecule has 1 fully saturated rings. The van der Waals surface area contributed by atoms with Gasteiger partial charge in [-0.25, -0.2) is 0 Å². The molecule has 0 spiro atoms. The van der Waals surface area contributed by atoms with Gasteiger partial charge in [-0.15, -0.1) is 0 Å². The van der Waals surface area contributed by atoms with Gasteiger partial charge in [0.25, 0.3) is 0 Å². The SMILES string of the molecule is CCC(CO)(CO)CO.OC1CCC(O)CC1. The van der Waals surface area contributed by atoms with Crippen molar-refractivity contribution in [1.29, 1.82) is 0 Å². The summed E-state index contributed by atoms with van der Waals surface area (Å²) in [6, 6.07) is 0. The van der Waals surface area contributed by atoms with Crippen molar-refractivity contribution in [2.24, 2.45) is 5.41 Å². The van der Waals surface area contributed by atoms with Crippen molar-refractivity contribution in [1.82, 2.24) is 0 Å². The van der Waals surface area contributed by atoms with Crippen molar-refractivity contribution in [2.75, 3.05) is 19.8 Å². The highest BCUT2D eigenvalue weighted by Gasteiger charge is 2.24. The van der Waals surface area contributed by atoms with Crippen molar-refractivity contribution in [3.05, 3.63) is 0 Å². The van der Waals surface area contributed by atoms with E-state index in [1.165, 1.54) is 0 Å². The minimum Gasteiger partial charge on any atom is -0.396 e. The Morgan fingerprint density at radius 3 is 1.24 bits per heavy atom. The summed E-state index contributed by atoms with van der Waals surface area (Å²) in [5, 5.41) is 43.8. The quantitative estimate of drug-likeness (QED) is 0.469. The number of aliphatic hydroxyl groups excluding tert-OH is 5. The van der Waals surface area contributed by atoms with Gasteiger partial charge in [0, 0.05) is 5.41 Å². The Morgan fingerprint density at radius 1 is 0.824 bits per heavy atom. The van der Waals surface area contributed by atoms with E-state index < -0.39 is 5.41 Å². The number of hydrogen-bond donors (Lipinski definition) is 5. The summed E-state index contributed by atoms with van der Waals surface area (Å²) in [5.41, 5.74) is -0.667. The summed E-state index contributed by atoms with van der Waals surface area (Å²) in [6.45, 7) is 1.35. The highest BCUT2D eigenvalue weighted by Crippen LogP contribution is 2.18. The fourth-order valence-electron chi connectivity index (χ4n) is 1.54. The van der Waals surface area contributed by atoms with E-state index in [9.17, 15) is 0 Å². The molecule has 0 bridgehead atoms. The molecule has 17 heavy (non-hydrogen) atoms. The van der Waals surface area contributed by atoms with E-state index in [4.69, 9.17) is 25.5 Å². The van der Waals surface area contributed by atoms with Gasteiger partial charge in [0.1, 0.15) is 0 Å². The highest BCUT2D eigenvalue weighted by atomic mass is 16.3. The largest absolute Gasteiger partial charge is 0.396 e. The van der Waals surface area contributed by atoms with Crippen LogP contribution in [0.1, 0.15) is 39.0 Å². The summed E-state index contributed by atoms with van der Waals surface area (Å²) in [7, 11) is 0. The van der Waals surface area contributed by atoms with E-state index in [2.05, 4.69) is 0 Å². The van der Waals surface area contributed by atoms with Crippen LogP contribution >= 0.6 is 0 Å². The molecule has 0 radical (unpaired) electrons. The standard InChI is InChI=1S/C6H14O3.C6H12O2/c1-2-6(3-7,4-8)5-9;7-5-1-2-6(8)4-3-5/h7-9H,2-5H2,1H3;5-8H,1-4H2. The van der Waals surface area contributed by atoms with Gasteiger partial charge in [0.2, 0.25) is 0 Å². The maximum Gasteiger partial charge on any atom is 0.0542 e. The Morgan fingerprint density at radius 2 is 1.12 bits per heavy atom. The molecule has 0 aromatic heterocycles. The van der Waals surface area contributed by atoms with Crippen LogP contribution in [0.2, 0.25) is 0 Å². The lowest BCUT2D eigenvalue weighted by atomic mass is 9.88. The van der Waals surface area contributed by atoms with Crippen LogP contribution in [0.5, 0.6) is 0 Å². The van der Waals surface area contributed by atoms with E-state index in [0.29, 0.717) is 6.42 Å². The van der Waals surface area contributed by atoms with Crippen molar-refractivity contribution >= 4 is 0 Å². The summed E-state index contributed by atoms with van der Waals surface area (Å²) < 4.78 is 0. The molecule has 0 atom stereocenters. The molecular weight excluding hydrogens is 224 g/mol. The third-order valence-electron chi connectivity index (χ3n) is 3.42. The van der Waals surface area contributed by atoms with Crippen LogP contribution < -0.4 is 0 Å². The minimum atomic E-state index is -0.667. The van der Waals surface area contributed by atoms with Crippen LogP contribution in [-0.2, 0) is 0 Å². The Balaban J connectivity index is 0.000000302. The topological polar surface area (TPSA) is 101 Å². The van der Waals surface area contributed by atoms with Gasteiger partial charge in [0.15, 0.2) is 0 Å². The van der Waals surface area contributed by atoms with E-state index in [1.54, 1.807) is 0 Å². The zero-order chi connectivity index (χ0) is 13.3. The second kappa shape index (κ2) is 8.83. The minimum absolute atomic E-state index is 0.140. The Kier molecular flexibility index (Phi) is 8.72. The van der Waals surface area contributed by atoms with Crippen LogP contribution in [0.25, 0.3) is 0 Å². The van der Waals surface area contributed by atoms with Crippen LogP contribution in [0.15, 0.2) is 0 Å². The molecule has 1 aliphatic rings. The molecule has 104 valence electrons. The Labute approximate surface area is 103 Å². The van der Waals surface area contributed by atoms with Crippen LogP contribution in [-0.4, -0.2) is 57.6 Å². The molecule has 5 nitrogen and oxygen atoms in total. The third kappa shape index (κ3) is 6.33. The Bertz CT molecular complexity index is 146. The van der Waals surface area contributed by atoms with Gasteiger partial charge in [-0.2, -0.15) is 0 Å². The molecule has 1 aliphatic carbocycles. The second-order valence-corrected chi connectivity index (χ2v) is 4.79. The molecule has 0 amide bonds. The molecular formula is C12H26O5. The highest BCUT2D eigenvalue weighted by molar-refractivity contribution is 4.74. The lowest BCUT2D eigenvalue weighted by molar-refractivity contribution is 0.00304. The van der Waals surface area contributed by atoms with E-state index >= 15 is 0 Å². The monoisotopic (exact) mass is 250 g/mol. The fraction of sp³-hybridized carbons (Fsp3) is 1.00. The predicted molar refractivity (Wildman–Crippen MR) is 64.5 cm³/mol. The first kappa shape index (κ1) is 16.8. The predicted octanol–water partition coefficient (Wildman–Crippen LogP) is -0.358. The van der Waals surface area contributed by atoms with Crippen molar-refractivity contribution in [2.45, 2.75) is 51.2 Å². The van der Waals surface area contributed by atoms with Gasteiger partial charge in [-0.05, 0) is 32.1 Å². The second-order valence-electron chi connectivity index (χ2n) is 4.79. The molecule has 1 saturated carbocycles. The van der Waals surface area contributed by atoms with Gasteiger partial charge in [-0.1, -0.05) is 6.92 Å². The normalized spacial score (nSPS) is 25.1. The van der Waals surface area contributed by atoms with Gasteiger partial charge in [0.05, 0.1) is 32.0 Å². The van der Waals surface area contributed by atoms with Gasteiger partial charge < -0.3 is 25.5 Å². The first-order valence-electron chi connectivity index (χ1n) is 6.22. The molecule has 0 heterocycles. The average Bonchev–Trinajstić information content (AvgIpc) is 2.37. The van der Waals surface area contributed by atoms with Gasteiger partial charge >= 0.3 is 0 Å². The van der Waals surface area contributed by atoms with E-state index in [-0.39, 0.29) is 32.0 Å². The maximum absolute atomic E-state index is 8.92. The van der Waals surface area contributed by atoms with Crippen LogP contribution in [0.4, 0.5) is 0 Å². The first-order chi connectivity index (χ1) is 8.03. The zero-order valence-electron chi connectivity index (χ0n) is 10.5. The molecule has 1 rings (SSSR count). The number of hydrogen-bond acceptors (Lipinski definition) is 5. The molecule has 0 aromatic rings. The smallest absolute Gasteiger partial charge is 0.0542 e. The number of rotatable bonds is 4. The van der Waals surface area contributed by atoms with Crippen molar-refractivity contribution in [3.63, 3.8) is 0 Å². The molecule has 0 unspecified atom stereocenters. The molecule has 5 N–H and O–H groups in total. The average molecular weight is 250 g/mol. The summed E-state index contributed by atoms with van der Waals surface area (Å²) in [6.07, 6.45) is 3.43. The Hall–Kier alpha value is -0.200. The van der Waals surface area contributed by atoms with Crippen LogP contribution in [0, 0.1) is 5.41 Å². The lowest BCUT2D eigenvalue weighted by Crippen LogP contribution is -2.32. The van der Waals surface area contributed by atoms with Crippen molar-refractivity contribution in [3.8, 4) is 0 Å². The van der Waals surface area contributed by atoms with E-state index in [0.717, 1.165) is 25.7 Å². The third-order valence-corrected chi connectivity index (χ3v) is 3.42. The first-order valence-corrected chi connectivity index (χ1v) is 6.22. The molecule has 0 aliphatic heterocycles. The number of aliphatic hydroxyl groups is 5. The summed E-state index contributed by atoms with van der Waals surface area (Å²) in [5.74, 6) is 0. The van der Waals surface area contributed by atoms with Crippen LogP contribution in [0.3, 0.4) is 0 Å². The lowest BCUT2D eigenvalue weighted by Gasteiger charge is -2.24. The van der Waals surface area contributed by atoms with Gasteiger partial charge in [-0.3, -0.25) is 0 Å². The molecule has 5 heteroatoms. The fourth-order valence-corrected chi connectivity index (χ4v) is 1.54. The summed E-state index contributed by atoms with van der Waals surface area (Å²) in [4.78, 5) is 0.